The van der Waals surface area contributed by atoms with Gasteiger partial charge in [-0.15, -0.1) is 4.40 Å². The minimum atomic E-state index is -3.65. The molecule has 1 fully saturated rings. The quantitative estimate of drug-likeness (QED) is 0.845. The standard InChI is InChI=1S/C20H22N4O3S/c25-20(22-12-10-16-7-3-4-11-21-16)15-6-5-13-24(14-15)19-17-8-1-2-9-18(17)28(26,27)23-19/h1-4,7-9,11,15H,5-6,10,12-14H2,(H,22,25)/t15-/m0/s1. The highest BCUT2D eigenvalue weighted by atomic mass is 32.2. The number of hydrogen-bond acceptors (Lipinski definition) is 5. The van der Waals surface area contributed by atoms with E-state index in [4.69, 9.17) is 0 Å². The maximum Gasteiger partial charge on any atom is 0.285 e. The Kier molecular flexibility index (Phi) is 5.13. The van der Waals surface area contributed by atoms with Crippen LogP contribution < -0.4 is 5.32 Å². The smallest absolute Gasteiger partial charge is 0.285 e. The first kappa shape index (κ1) is 18.6. The monoisotopic (exact) mass is 398 g/mol. The summed E-state index contributed by atoms with van der Waals surface area (Å²) in [7, 11) is -3.65. The molecule has 0 aliphatic carbocycles. The summed E-state index contributed by atoms with van der Waals surface area (Å²) in [5.41, 5.74) is 1.56. The average molecular weight is 398 g/mol. The van der Waals surface area contributed by atoms with Crippen LogP contribution in [0, 0.1) is 5.92 Å². The van der Waals surface area contributed by atoms with Crippen LogP contribution in [-0.2, 0) is 21.2 Å². The molecule has 8 heteroatoms. The predicted molar refractivity (Wildman–Crippen MR) is 105 cm³/mol. The summed E-state index contributed by atoms with van der Waals surface area (Å²) >= 11 is 0. The normalized spacial score (nSPS) is 20.4. The Morgan fingerprint density at radius 3 is 2.82 bits per heavy atom. The third-order valence-electron chi connectivity index (χ3n) is 5.11. The van der Waals surface area contributed by atoms with Crippen molar-refractivity contribution in [3.8, 4) is 0 Å². The second kappa shape index (κ2) is 7.71. The molecule has 4 rings (SSSR count). The molecule has 1 N–H and O–H groups in total. The van der Waals surface area contributed by atoms with Gasteiger partial charge >= 0.3 is 0 Å². The van der Waals surface area contributed by atoms with Gasteiger partial charge in [0.25, 0.3) is 10.0 Å². The molecule has 0 radical (unpaired) electrons. The van der Waals surface area contributed by atoms with Crippen molar-refractivity contribution in [1.29, 1.82) is 0 Å². The fourth-order valence-corrected chi connectivity index (χ4v) is 4.93. The third kappa shape index (κ3) is 3.77. The maximum atomic E-state index is 12.6. The van der Waals surface area contributed by atoms with Gasteiger partial charge in [0.15, 0.2) is 5.84 Å². The lowest BCUT2D eigenvalue weighted by Crippen LogP contribution is -2.45. The number of aromatic nitrogens is 1. The first-order valence-electron chi connectivity index (χ1n) is 9.41. The van der Waals surface area contributed by atoms with E-state index in [0.29, 0.717) is 37.5 Å². The highest BCUT2D eigenvalue weighted by Gasteiger charge is 2.35. The Bertz CT molecular complexity index is 1010. The molecule has 0 bridgehead atoms. The summed E-state index contributed by atoms with van der Waals surface area (Å²) < 4.78 is 28.6. The lowest BCUT2D eigenvalue weighted by Gasteiger charge is -2.33. The van der Waals surface area contributed by atoms with Crippen molar-refractivity contribution in [2.45, 2.75) is 24.2 Å². The van der Waals surface area contributed by atoms with E-state index in [1.54, 1.807) is 30.5 Å². The summed E-state index contributed by atoms with van der Waals surface area (Å²) in [6.45, 7) is 1.70. The molecule has 2 aliphatic rings. The average Bonchev–Trinajstić information content (AvgIpc) is 3.00. The molecule has 3 heterocycles. The molecule has 1 atom stereocenters. The lowest BCUT2D eigenvalue weighted by atomic mass is 9.96. The molecule has 1 amide bonds. The first-order valence-corrected chi connectivity index (χ1v) is 10.9. The molecule has 2 aromatic rings. The fourth-order valence-electron chi connectivity index (χ4n) is 3.70. The number of hydrogen-bond donors (Lipinski definition) is 1. The highest BCUT2D eigenvalue weighted by molar-refractivity contribution is 7.90. The van der Waals surface area contributed by atoms with Gasteiger partial charge in [-0.25, -0.2) is 0 Å². The van der Waals surface area contributed by atoms with E-state index >= 15 is 0 Å². The number of likely N-dealkylation sites (tertiary alicyclic amines) is 1. The van der Waals surface area contributed by atoms with E-state index in [1.807, 2.05) is 23.1 Å². The van der Waals surface area contributed by atoms with Crippen LogP contribution in [0.5, 0.6) is 0 Å². The Balaban J connectivity index is 1.40. The van der Waals surface area contributed by atoms with Gasteiger partial charge in [-0.05, 0) is 37.1 Å². The number of nitrogens with zero attached hydrogens (tertiary/aromatic N) is 3. The van der Waals surface area contributed by atoms with E-state index < -0.39 is 10.0 Å². The van der Waals surface area contributed by atoms with Gasteiger partial charge in [-0.2, -0.15) is 8.42 Å². The van der Waals surface area contributed by atoms with Gasteiger partial charge < -0.3 is 10.2 Å². The maximum absolute atomic E-state index is 12.6. The molecule has 1 aromatic heterocycles. The first-order chi connectivity index (χ1) is 13.5. The number of amides is 1. The number of benzene rings is 1. The molecular weight excluding hydrogens is 376 g/mol. The zero-order valence-electron chi connectivity index (χ0n) is 15.4. The predicted octanol–water partition coefficient (Wildman–Crippen LogP) is 1.60. The SMILES string of the molecule is O=C(NCCc1ccccn1)[C@H]1CCCN(C2=NS(=O)(=O)c3ccccc32)C1. The summed E-state index contributed by atoms with van der Waals surface area (Å²) in [6, 6.07) is 12.6. The van der Waals surface area contributed by atoms with Crippen molar-refractivity contribution in [1.82, 2.24) is 15.2 Å². The van der Waals surface area contributed by atoms with Crippen molar-refractivity contribution in [2.24, 2.45) is 10.3 Å². The molecule has 0 saturated carbocycles. The van der Waals surface area contributed by atoms with E-state index in [9.17, 15) is 13.2 Å². The van der Waals surface area contributed by atoms with Gasteiger partial charge in [0.2, 0.25) is 5.91 Å². The van der Waals surface area contributed by atoms with Crippen molar-refractivity contribution in [2.75, 3.05) is 19.6 Å². The molecule has 1 aromatic carbocycles. The molecule has 0 spiro atoms. The van der Waals surface area contributed by atoms with E-state index in [0.717, 1.165) is 18.5 Å². The number of amidine groups is 1. The zero-order valence-corrected chi connectivity index (χ0v) is 16.2. The third-order valence-corrected chi connectivity index (χ3v) is 6.44. The molecule has 146 valence electrons. The Morgan fingerprint density at radius 2 is 2.00 bits per heavy atom. The molecule has 1 saturated heterocycles. The van der Waals surface area contributed by atoms with E-state index in [1.165, 1.54) is 0 Å². The van der Waals surface area contributed by atoms with Crippen LogP contribution in [0.3, 0.4) is 0 Å². The number of piperidine rings is 1. The zero-order chi connectivity index (χ0) is 19.6. The Morgan fingerprint density at radius 1 is 1.18 bits per heavy atom. The molecule has 2 aliphatic heterocycles. The van der Waals surface area contributed by atoms with Gasteiger partial charge in [0, 0.05) is 43.5 Å². The van der Waals surface area contributed by atoms with Crippen molar-refractivity contribution in [3.05, 3.63) is 59.9 Å². The van der Waals surface area contributed by atoms with Crippen LogP contribution in [0.4, 0.5) is 0 Å². The minimum absolute atomic E-state index is 0.00429. The van der Waals surface area contributed by atoms with Crippen molar-refractivity contribution in [3.63, 3.8) is 0 Å². The van der Waals surface area contributed by atoms with Crippen LogP contribution in [0.15, 0.2) is 58.0 Å². The second-order valence-electron chi connectivity index (χ2n) is 7.03. The van der Waals surface area contributed by atoms with Crippen molar-refractivity contribution >= 4 is 21.8 Å². The van der Waals surface area contributed by atoms with E-state index in [-0.39, 0.29) is 16.7 Å². The summed E-state index contributed by atoms with van der Waals surface area (Å²) in [6.07, 6.45) is 4.03. The molecule has 0 unspecified atom stereocenters. The van der Waals surface area contributed by atoms with Crippen LogP contribution in [-0.4, -0.2) is 49.7 Å². The second-order valence-corrected chi connectivity index (χ2v) is 8.61. The van der Waals surface area contributed by atoms with Gasteiger partial charge in [0.1, 0.15) is 4.90 Å². The van der Waals surface area contributed by atoms with Crippen LogP contribution in [0.2, 0.25) is 0 Å². The largest absolute Gasteiger partial charge is 0.355 e. The number of carbonyl (C=O) groups is 1. The Hall–Kier alpha value is -2.74. The number of carbonyl (C=O) groups excluding carboxylic acids is 1. The van der Waals surface area contributed by atoms with Gasteiger partial charge in [-0.1, -0.05) is 18.2 Å². The number of nitrogens with one attached hydrogen (secondary N) is 1. The van der Waals surface area contributed by atoms with Crippen LogP contribution in [0.25, 0.3) is 0 Å². The summed E-state index contributed by atoms with van der Waals surface area (Å²) in [5.74, 6) is 0.271. The fraction of sp³-hybridized carbons (Fsp3) is 0.350. The van der Waals surface area contributed by atoms with Crippen LogP contribution >= 0.6 is 0 Å². The topological polar surface area (TPSA) is 91.7 Å². The number of sulfonamides is 1. The van der Waals surface area contributed by atoms with Crippen LogP contribution in [0.1, 0.15) is 24.1 Å². The lowest BCUT2D eigenvalue weighted by molar-refractivity contribution is -0.126. The summed E-state index contributed by atoms with van der Waals surface area (Å²) in [5, 5.41) is 2.98. The molecule has 7 nitrogen and oxygen atoms in total. The molecule has 28 heavy (non-hydrogen) atoms. The highest BCUT2D eigenvalue weighted by Crippen LogP contribution is 2.29. The number of pyridine rings is 1. The summed E-state index contributed by atoms with van der Waals surface area (Å²) in [4.78, 5) is 19.0. The number of fused-ring (bicyclic) bond motifs is 1. The number of rotatable bonds is 4. The van der Waals surface area contributed by atoms with Gasteiger partial charge in [0.05, 0.1) is 5.92 Å². The van der Waals surface area contributed by atoms with Crippen molar-refractivity contribution < 1.29 is 13.2 Å². The molecular formula is C20H22N4O3S. The van der Waals surface area contributed by atoms with E-state index in [2.05, 4.69) is 14.7 Å². The Labute approximate surface area is 164 Å². The minimum Gasteiger partial charge on any atom is -0.355 e. The van der Waals surface area contributed by atoms with Gasteiger partial charge in [-0.3, -0.25) is 9.78 Å².